The average Bonchev–Trinajstić information content (AvgIpc) is 2.86. The molecule has 2 rings (SSSR count). The lowest BCUT2D eigenvalue weighted by atomic mass is 9.97. The second-order valence-electron chi connectivity index (χ2n) is 3.69. The Kier molecular flexibility index (Phi) is 2.84. The zero-order valence-corrected chi connectivity index (χ0v) is 9.94. The summed E-state index contributed by atoms with van der Waals surface area (Å²) < 4.78 is 1.04. The number of hydrogen-bond acceptors (Lipinski definition) is 2. The number of hydrogen-bond donors (Lipinski definition) is 1. The molecule has 1 aliphatic rings. The van der Waals surface area contributed by atoms with Gasteiger partial charge in [-0.1, -0.05) is 33.6 Å². The molecule has 14 heavy (non-hydrogen) atoms. The highest BCUT2D eigenvalue weighted by molar-refractivity contribution is 9.10. The Hall–Kier alpha value is -0.0900. The Morgan fingerprint density at radius 3 is 2.71 bits per heavy atom. The van der Waals surface area contributed by atoms with Gasteiger partial charge in [-0.15, -0.1) is 0 Å². The van der Waals surface area contributed by atoms with Gasteiger partial charge in [0.1, 0.15) is 0 Å². The molecule has 1 aliphatic carbocycles. The van der Waals surface area contributed by atoms with E-state index >= 15 is 0 Å². The molecule has 0 aromatic heterocycles. The van der Waals surface area contributed by atoms with E-state index in [4.69, 9.17) is 22.3 Å². The highest BCUT2D eigenvalue weighted by atomic mass is 79.9. The molecule has 76 valence electrons. The van der Waals surface area contributed by atoms with Gasteiger partial charge in [0, 0.05) is 14.9 Å². The molecule has 1 saturated carbocycles. The van der Waals surface area contributed by atoms with Gasteiger partial charge in [-0.3, -0.25) is 0 Å². The third kappa shape index (κ3) is 1.70. The van der Waals surface area contributed by atoms with Crippen LogP contribution in [0.25, 0.3) is 0 Å². The summed E-state index contributed by atoms with van der Waals surface area (Å²) in [5.41, 5.74) is 1.18. The molecule has 0 aliphatic heterocycles. The van der Waals surface area contributed by atoms with E-state index in [1.165, 1.54) is 0 Å². The van der Waals surface area contributed by atoms with Gasteiger partial charge < -0.3 is 4.84 Å². The van der Waals surface area contributed by atoms with Crippen LogP contribution in [0, 0.1) is 0 Å². The summed E-state index contributed by atoms with van der Waals surface area (Å²) in [5.74, 6) is 5.13. The molecule has 0 atom stereocenters. The third-order valence-electron chi connectivity index (χ3n) is 2.71. The molecular weight excluding hydrogens is 265 g/mol. The van der Waals surface area contributed by atoms with Crippen molar-refractivity contribution in [3.8, 4) is 0 Å². The first-order valence-corrected chi connectivity index (χ1v) is 5.63. The van der Waals surface area contributed by atoms with Crippen molar-refractivity contribution in [1.29, 1.82) is 0 Å². The Bertz CT molecular complexity index is 332. The molecule has 0 saturated heterocycles. The van der Waals surface area contributed by atoms with Gasteiger partial charge in [-0.05, 0) is 30.5 Å². The van der Waals surface area contributed by atoms with Crippen molar-refractivity contribution < 1.29 is 4.84 Å². The molecule has 0 spiro atoms. The fraction of sp³-hybridized carbons (Fsp3) is 0.400. The first-order chi connectivity index (χ1) is 6.69. The number of rotatable bonds is 3. The zero-order chi connectivity index (χ0) is 10.2. The first kappa shape index (κ1) is 10.4. The summed E-state index contributed by atoms with van der Waals surface area (Å²) >= 11 is 9.68. The van der Waals surface area contributed by atoms with Crippen LogP contribution in [0.3, 0.4) is 0 Å². The van der Waals surface area contributed by atoms with E-state index in [9.17, 15) is 0 Å². The van der Waals surface area contributed by atoms with Gasteiger partial charge in [0.2, 0.25) is 0 Å². The molecule has 0 bridgehead atoms. The van der Waals surface area contributed by atoms with E-state index < -0.39 is 0 Å². The van der Waals surface area contributed by atoms with Crippen LogP contribution in [0.4, 0.5) is 0 Å². The fourth-order valence-corrected chi connectivity index (χ4v) is 3.06. The minimum absolute atomic E-state index is 0.0475. The van der Waals surface area contributed by atoms with E-state index in [1.54, 1.807) is 0 Å². The SMILES string of the molecule is NOCC1(c2c(Cl)cccc2Br)CC1. The molecule has 1 aromatic carbocycles. The second kappa shape index (κ2) is 3.81. The van der Waals surface area contributed by atoms with E-state index in [1.807, 2.05) is 18.2 Å². The molecule has 4 heteroatoms. The van der Waals surface area contributed by atoms with E-state index in [2.05, 4.69) is 15.9 Å². The van der Waals surface area contributed by atoms with Crippen molar-refractivity contribution in [3.05, 3.63) is 33.3 Å². The van der Waals surface area contributed by atoms with Gasteiger partial charge >= 0.3 is 0 Å². The summed E-state index contributed by atoms with van der Waals surface area (Å²) in [6.45, 7) is 0.537. The Morgan fingerprint density at radius 1 is 1.50 bits per heavy atom. The Balaban J connectivity index is 2.40. The van der Waals surface area contributed by atoms with Crippen LogP contribution in [-0.2, 0) is 10.3 Å². The van der Waals surface area contributed by atoms with Crippen molar-refractivity contribution in [2.24, 2.45) is 5.90 Å². The average molecular weight is 277 g/mol. The van der Waals surface area contributed by atoms with Crippen molar-refractivity contribution in [3.63, 3.8) is 0 Å². The van der Waals surface area contributed by atoms with Crippen LogP contribution in [0.1, 0.15) is 18.4 Å². The van der Waals surface area contributed by atoms with Crippen LogP contribution in [0.15, 0.2) is 22.7 Å². The highest BCUT2D eigenvalue weighted by Gasteiger charge is 2.47. The highest BCUT2D eigenvalue weighted by Crippen LogP contribution is 2.52. The van der Waals surface area contributed by atoms with Crippen LogP contribution in [-0.4, -0.2) is 6.61 Å². The van der Waals surface area contributed by atoms with E-state index in [-0.39, 0.29) is 5.41 Å². The maximum atomic E-state index is 6.16. The van der Waals surface area contributed by atoms with Crippen LogP contribution >= 0.6 is 27.5 Å². The maximum absolute atomic E-state index is 6.16. The molecule has 0 heterocycles. The van der Waals surface area contributed by atoms with Gasteiger partial charge in [0.15, 0.2) is 0 Å². The smallest absolute Gasteiger partial charge is 0.0776 e. The van der Waals surface area contributed by atoms with Crippen molar-refractivity contribution in [2.75, 3.05) is 6.61 Å². The standard InChI is InChI=1S/C10H11BrClNO/c11-7-2-1-3-8(12)9(7)10(4-5-10)6-14-13/h1-3H,4-6,13H2. The summed E-state index contributed by atoms with van der Waals surface area (Å²) in [4.78, 5) is 4.75. The van der Waals surface area contributed by atoms with Crippen LogP contribution < -0.4 is 5.90 Å². The molecule has 0 radical (unpaired) electrons. The predicted molar refractivity (Wildman–Crippen MR) is 60.2 cm³/mol. The fourth-order valence-electron chi connectivity index (χ4n) is 1.78. The largest absolute Gasteiger partial charge is 0.304 e. The normalized spacial score (nSPS) is 18.2. The molecule has 1 aromatic rings. The number of nitrogens with two attached hydrogens (primary N) is 1. The second-order valence-corrected chi connectivity index (χ2v) is 4.95. The third-order valence-corrected chi connectivity index (χ3v) is 3.68. The Labute approximate surface area is 96.5 Å². The summed E-state index contributed by atoms with van der Waals surface area (Å²) in [6.07, 6.45) is 2.18. The minimum Gasteiger partial charge on any atom is -0.304 e. The van der Waals surface area contributed by atoms with E-state index in [0.717, 1.165) is 27.9 Å². The Morgan fingerprint density at radius 2 is 2.21 bits per heavy atom. The van der Waals surface area contributed by atoms with Crippen molar-refractivity contribution in [2.45, 2.75) is 18.3 Å². The zero-order valence-electron chi connectivity index (χ0n) is 7.59. The molecule has 2 N–H and O–H groups in total. The van der Waals surface area contributed by atoms with Gasteiger partial charge in [-0.2, -0.15) is 0 Å². The molecule has 1 fully saturated rings. The predicted octanol–water partition coefficient (Wildman–Crippen LogP) is 3.02. The monoisotopic (exact) mass is 275 g/mol. The van der Waals surface area contributed by atoms with Gasteiger partial charge in [0.05, 0.1) is 6.61 Å². The molecular formula is C10H11BrClNO. The van der Waals surface area contributed by atoms with Gasteiger partial charge in [-0.25, -0.2) is 5.90 Å². The minimum atomic E-state index is 0.0475. The van der Waals surface area contributed by atoms with Crippen LogP contribution in [0.5, 0.6) is 0 Å². The summed E-state index contributed by atoms with van der Waals surface area (Å²) in [7, 11) is 0. The maximum Gasteiger partial charge on any atom is 0.0776 e. The van der Waals surface area contributed by atoms with Crippen molar-refractivity contribution >= 4 is 27.5 Å². The lowest BCUT2D eigenvalue weighted by Crippen LogP contribution is -2.19. The number of benzene rings is 1. The topological polar surface area (TPSA) is 35.2 Å². The molecule has 2 nitrogen and oxygen atoms in total. The summed E-state index contributed by atoms with van der Waals surface area (Å²) in [5, 5.41) is 0.786. The lowest BCUT2D eigenvalue weighted by Gasteiger charge is -2.17. The summed E-state index contributed by atoms with van der Waals surface area (Å²) in [6, 6.07) is 5.82. The molecule has 0 amide bonds. The van der Waals surface area contributed by atoms with Crippen LogP contribution in [0.2, 0.25) is 5.02 Å². The number of halogens is 2. The quantitative estimate of drug-likeness (QED) is 0.861. The first-order valence-electron chi connectivity index (χ1n) is 4.46. The molecule has 0 unspecified atom stereocenters. The van der Waals surface area contributed by atoms with E-state index in [0.29, 0.717) is 6.61 Å². The lowest BCUT2D eigenvalue weighted by molar-refractivity contribution is 0.116. The van der Waals surface area contributed by atoms with Gasteiger partial charge in [0.25, 0.3) is 0 Å². The van der Waals surface area contributed by atoms with Crippen molar-refractivity contribution in [1.82, 2.24) is 0 Å².